The van der Waals surface area contributed by atoms with Crippen LogP contribution >= 0.6 is 0 Å². The van der Waals surface area contributed by atoms with Gasteiger partial charge in [0, 0.05) is 11.4 Å². The quantitative estimate of drug-likeness (QED) is 0.776. The topological polar surface area (TPSA) is 76.9 Å². The number of aromatic nitrogens is 3. The summed E-state index contributed by atoms with van der Waals surface area (Å²) in [5, 5.41) is 3.34. The molecule has 3 aromatic rings. The highest BCUT2D eigenvalue weighted by atomic mass is 16.2. The average Bonchev–Trinajstić information content (AvgIpc) is 2.66. The number of carbonyl (C=O) groups excluding carboxylic acids is 1. The third-order valence-corrected chi connectivity index (χ3v) is 5.13. The molecule has 4 rings (SSSR count). The van der Waals surface area contributed by atoms with Gasteiger partial charge in [-0.3, -0.25) is 14.2 Å². The minimum absolute atomic E-state index is 0.229. The van der Waals surface area contributed by atoms with Gasteiger partial charge in [0.15, 0.2) is 5.65 Å². The van der Waals surface area contributed by atoms with Crippen molar-refractivity contribution in [2.24, 2.45) is 0 Å². The van der Waals surface area contributed by atoms with Crippen molar-refractivity contribution in [1.29, 1.82) is 0 Å². The molecular weight excluding hydrogens is 340 g/mol. The van der Waals surface area contributed by atoms with Gasteiger partial charge >= 0.3 is 0 Å². The maximum absolute atomic E-state index is 13.0. The van der Waals surface area contributed by atoms with E-state index in [1.165, 1.54) is 10.9 Å². The highest BCUT2D eigenvalue weighted by Crippen LogP contribution is 2.22. The summed E-state index contributed by atoms with van der Waals surface area (Å²) in [5.41, 5.74) is 4.17. The molecule has 1 aromatic carbocycles. The van der Waals surface area contributed by atoms with Gasteiger partial charge in [-0.2, -0.15) is 0 Å². The van der Waals surface area contributed by atoms with Crippen LogP contribution in [0.15, 0.2) is 41.5 Å². The Kier molecular flexibility index (Phi) is 4.48. The summed E-state index contributed by atoms with van der Waals surface area (Å²) in [5.74, 6) is -0.255. The zero-order valence-electron chi connectivity index (χ0n) is 15.5. The molecule has 1 N–H and O–H groups in total. The van der Waals surface area contributed by atoms with Gasteiger partial charge in [-0.1, -0.05) is 12.1 Å². The first-order valence-corrected chi connectivity index (χ1v) is 9.30. The van der Waals surface area contributed by atoms with E-state index in [4.69, 9.17) is 0 Å². The summed E-state index contributed by atoms with van der Waals surface area (Å²) in [6.45, 7) is 3.66. The van der Waals surface area contributed by atoms with Crippen LogP contribution in [-0.4, -0.2) is 20.4 Å². The molecule has 2 aromatic heterocycles. The Morgan fingerprint density at radius 2 is 2.04 bits per heavy atom. The Balaban J connectivity index is 1.67. The van der Waals surface area contributed by atoms with Crippen molar-refractivity contribution in [3.05, 3.63) is 63.8 Å². The normalized spacial score (nSPS) is 14.6. The molecule has 0 spiro atoms. The summed E-state index contributed by atoms with van der Waals surface area (Å²) < 4.78 is 1.38. The molecule has 0 aliphatic heterocycles. The molecule has 0 bridgehead atoms. The fraction of sp³-hybridized carbons (Fsp3) is 0.333. The van der Waals surface area contributed by atoms with Crippen LogP contribution in [0.5, 0.6) is 0 Å². The monoisotopic (exact) mass is 362 g/mol. The molecule has 2 heterocycles. The standard InChI is InChI=1S/C21H22N4O2/c1-13-6-5-8-16(10-13)23-20(26)14(2)25-12-22-19-17(21(25)27)11-15-7-3-4-9-18(15)24-19/h5-6,8,10-12,14H,3-4,7,9H2,1-2H3,(H,23,26). The van der Waals surface area contributed by atoms with Gasteiger partial charge in [0.2, 0.25) is 5.91 Å². The molecule has 0 fully saturated rings. The number of rotatable bonds is 3. The molecule has 1 unspecified atom stereocenters. The van der Waals surface area contributed by atoms with E-state index in [1.54, 1.807) is 6.92 Å². The van der Waals surface area contributed by atoms with Crippen molar-refractivity contribution in [2.45, 2.75) is 45.6 Å². The Labute approximate surface area is 157 Å². The Morgan fingerprint density at radius 3 is 2.85 bits per heavy atom. The summed E-state index contributed by atoms with van der Waals surface area (Å²) in [4.78, 5) is 34.5. The predicted molar refractivity (Wildman–Crippen MR) is 105 cm³/mol. The minimum atomic E-state index is -0.675. The van der Waals surface area contributed by atoms with E-state index >= 15 is 0 Å². The Morgan fingerprint density at radius 1 is 1.22 bits per heavy atom. The summed E-state index contributed by atoms with van der Waals surface area (Å²) in [6, 6.07) is 8.80. The molecule has 27 heavy (non-hydrogen) atoms. The fourth-order valence-electron chi connectivity index (χ4n) is 3.56. The van der Waals surface area contributed by atoms with Crippen LogP contribution in [-0.2, 0) is 17.6 Å². The lowest BCUT2D eigenvalue weighted by molar-refractivity contribution is -0.118. The van der Waals surface area contributed by atoms with Crippen molar-refractivity contribution < 1.29 is 4.79 Å². The van der Waals surface area contributed by atoms with Gasteiger partial charge < -0.3 is 5.32 Å². The highest BCUT2D eigenvalue weighted by molar-refractivity contribution is 5.93. The molecule has 0 saturated heterocycles. The van der Waals surface area contributed by atoms with E-state index in [0.29, 0.717) is 16.7 Å². The molecule has 0 saturated carbocycles. The van der Waals surface area contributed by atoms with E-state index in [0.717, 1.165) is 42.5 Å². The maximum atomic E-state index is 13.0. The van der Waals surface area contributed by atoms with Crippen LogP contribution in [0.2, 0.25) is 0 Å². The molecule has 1 atom stereocenters. The number of pyridine rings is 1. The van der Waals surface area contributed by atoms with Gasteiger partial charge in [-0.25, -0.2) is 9.97 Å². The molecule has 6 nitrogen and oxygen atoms in total. The van der Waals surface area contributed by atoms with Crippen LogP contribution in [0.25, 0.3) is 11.0 Å². The van der Waals surface area contributed by atoms with Crippen LogP contribution in [0.1, 0.15) is 42.6 Å². The minimum Gasteiger partial charge on any atom is -0.324 e. The van der Waals surface area contributed by atoms with Crippen molar-refractivity contribution >= 4 is 22.6 Å². The first-order chi connectivity index (χ1) is 13.0. The predicted octanol–water partition coefficient (Wildman–Crippen LogP) is 3.18. The van der Waals surface area contributed by atoms with E-state index in [-0.39, 0.29) is 11.5 Å². The molecule has 1 amide bonds. The first-order valence-electron chi connectivity index (χ1n) is 9.30. The van der Waals surface area contributed by atoms with Crippen LogP contribution in [0.4, 0.5) is 5.69 Å². The summed E-state index contributed by atoms with van der Waals surface area (Å²) in [6.07, 6.45) is 5.54. The SMILES string of the molecule is Cc1cccc(NC(=O)C(C)n2cnc3nc4c(cc3c2=O)CCCC4)c1. The van der Waals surface area contributed by atoms with Gasteiger partial charge in [0.25, 0.3) is 5.56 Å². The Bertz CT molecular complexity index is 1090. The molecule has 6 heteroatoms. The number of aryl methyl sites for hydroxylation is 3. The van der Waals surface area contributed by atoms with Crippen molar-refractivity contribution in [3.8, 4) is 0 Å². The summed E-state index contributed by atoms with van der Waals surface area (Å²) >= 11 is 0. The van der Waals surface area contributed by atoms with Gasteiger partial charge in [-0.05, 0) is 68.9 Å². The smallest absolute Gasteiger partial charge is 0.263 e. The third kappa shape index (κ3) is 3.35. The van der Waals surface area contributed by atoms with Crippen LogP contribution in [0, 0.1) is 6.92 Å². The summed E-state index contributed by atoms with van der Waals surface area (Å²) in [7, 11) is 0. The van der Waals surface area contributed by atoms with Gasteiger partial charge in [0.05, 0.1) is 5.39 Å². The molecular formula is C21H22N4O2. The molecule has 1 aliphatic carbocycles. The van der Waals surface area contributed by atoms with Gasteiger partial charge in [-0.15, -0.1) is 0 Å². The van der Waals surface area contributed by atoms with Crippen molar-refractivity contribution in [2.75, 3.05) is 5.32 Å². The molecule has 138 valence electrons. The zero-order chi connectivity index (χ0) is 19.0. The number of nitrogens with one attached hydrogen (secondary N) is 1. The second kappa shape index (κ2) is 6.95. The van der Waals surface area contributed by atoms with Crippen LogP contribution in [0.3, 0.4) is 0 Å². The number of hydrogen-bond acceptors (Lipinski definition) is 4. The number of amides is 1. The highest BCUT2D eigenvalue weighted by Gasteiger charge is 2.20. The second-order valence-electron chi connectivity index (χ2n) is 7.16. The molecule has 1 aliphatic rings. The number of benzene rings is 1. The number of fused-ring (bicyclic) bond motifs is 2. The lowest BCUT2D eigenvalue weighted by Gasteiger charge is -2.17. The van der Waals surface area contributed by atoms with E-state index in [1.807, 2.05) is 37.3 Å². The number of carbonyl (C=O) groups is 1. The third-order valence-electron chi connectivity index (χ3n) is 5.13. The van der Waals surface area contributed by atoms with E-state index in [2.05, 4.69) is 15.3 Å². The molecule has 0 radical (unpaired) electrons. The maximum Gasteiger partial charge on any atom is 0.263 e. The van der Waals surface area contributed by atoms with E-state index in [9.17, 15) is 9.59 Å². The first kappa shape index (κ1) is 17.4. The lowest BCUT2D eigenvalue weighted by atomic mass is 9.95. The largest absolute Gasteiger partial charge is 0.324 e. The van der Waals surface area contributed by atoms with Crippen LogP contribution < -0.4 is 10.9 Å². The lowest BCUT2D eigenvalue weighted by Crippen LogP contribution is -2.32. The number of hydrogen-bond donors (Lipinski definition) is 1. The van der Waals surface area contributed by atoms with Crippen molar-refractivity contribution in [1.82, 2.24) is 14.5 Å². The van der Waals surface area contributed by atoms with Crippen molar-refractivity contribution in [3.63, 3.8) is 0 Å². The van der Waals surface area contributed by atoms with E-state index < -0.39 is 6.04 Å². The number of nitrogens with zero attached hydrogens (tertiary/aromatic N) is 3. The second-order valence-corrected chi connectivity index (χ2v) is 7.16. The fourth-order valence-corrected chi connectivity index (χ4v) is 3.56. The Hall–Kier alpha value is -3.02. The van der Waals surface area contributed by atoms with Gasteiger partial charge in [0.1, 0.15) is 12.4 Å². The zero-order valence-corrected chi connectivity index (χ0v) is 15.5. The average molecular weight is 362 g/mol. The number of anilines is 1.